The monoisotopic (exact) mass is 348 g/mol. The Bertz CT molecular complexity index is 636. The topological polar surface area (TPSA) is 81.2 Å². The number of nitrogens with zero attached hydrogens (tertiary/aromatic N) is 3. The lowest BCUT2D eigenvalue weighted by molar-refractivity contribution is -0.137. The zero-order chi connectivity index (χ0) is 18.7. The van der Waals surface area contributed by atoms with Gasteiger partial charge in [-0.25, -0.2) is 0 Å². The van der Waals surface area contributed by atoms with E-state index in [4.69, 9.17) is 5.73 Å². The number of amides is 2. The van der Waals surface area contributed by atoms with E-state index in [-0.39, 0.29) is 23.8 Å². The normalized spacial score (nSPS) is 21.0. The number of hydrogen-bond acceptors (Lipinski definition) is 3. The number of carbonyl (C=O) groups excluding carboxylic acids is 2. The van der Waals surface area contributed by atoms with E-state index >= 15 is 0 Å². The highest BCUT2D eigenvalue weighted by atomic mass is 16.2. The average Bonchev–Trinajstić information content (AvgIpc) is 2.78. The highest BCUT2D eigenvalue weighted by Gasteiger charge is 2.31. The number of primary amides is 1. The standard InChI is InChI=1S/C19H32N4O2/c1-12(2)10-23-15(5)17(14(4)21-23)8-9-18(24)22-11-16(19(20)25)7-6-13(22)3/h12-13,16H,6-11H2,1-5H3,(H2,20,25)/t13-,16+/m0/s1. The zero-order valence-corrected chi connectivity index (χ0v) is 16.2. The smallest absolute Gasteiger partial charge is 0.223 e. The molecular formula is C19H32N4O2. The molecule has 1 aliphatic rings. The van der Waals surface area contributed by atoms with Crippen LogP contribution in [0, 0.1) is 25.7 Å². The molecule has 1 aliphatic heterocycles. The first kappa shape index (κ1) is 19.5. The van der Waals surface area contributed by atoms with Crippen LogP contribution in [0.15, 0.2) is 0 Å². The summed E-state index contributed by atoms with van der Waals surface area (Å²) < 4.78 is 2.05. The summed E-state index contributed by atoms with van der Waals surface area (Å²) in [5, 5.41) is 4.62. The van der Waals surface area contributed by atoms with Crippen molar-refractivity contribution in [3.63, 3.8) is 0 Å². The molecule has 2 N–H and O–H groups in total. The van der Waals surface area contributed by atoms with E-state index in [1.807, 2.05) is 23.4 Å². The Labute approximate surface area is 150 Å². The fourth-order valence-electron chi connectivity index (χ4n) is 3.68. The molecule has 0 bridgehead atoms. The molecule has 1 aromatic rings. The van der Waals surface area contributed by atoms with E-state index < -0.39 is 0 Å². The lowest BCUT2D eigenvalue weighted by atomic mass is 9.92. The van der Waals surface area contributed by atoms with E-state index in [0.29, 0.717) is 25.3 Å². The Morgan fingerprint density at radius 3 is 2.56 bits per heavy atom. The van der Waals surface area contributed by atoms with Crippen LogP contribution in [-0.2, 0) is 22.6 Å². The molecule has 2 amide bonds. The molecule has 0 unspecified atom stereocenters. The summed E-state index contributed by atoms with van der Waals surface area (Å²) in [6, 6.07) is 0.175. The van der Waals surface area contributed by atoms with Crippen LogP contribution in [0.5, 0.6) is 0 Å². The van der Waals surface area contributed by atoms with Crippen molar-refractivity contribution in [2.45, 2.75) is 72.9 Å². The van der Waals surface area contributed by atoms with Crippen molar-refractivity contribution in [1.29, 1.82) is 0 Å². The van der Waals surface area contributed by atoms with Crippen molar-refractivity contribution in [1.82, 2.24) is 14.7 Å². The molecule has 2 atom stereocenters. The van der Waals surface area contributed by atoms with Gasteiger partial charge in [0.15, 0.2) is 0 Å². The number of aryl methyl sites for hydroxylation is 1. The number of nitrogens with two attached hydrogens (primary N) is 1. The average molecular weight is 348 g/mol. The fraction of sp³-hybridized carbons (Fsp3) is 0.737. The van der Waals surface area contributed by atoms with Crippen molar-refractivity contribution < 1.29 is 9.59 Å². The number of hydrogen-bond donors (Lipinski definition) is 1. The Balaban J connectivity index is 2.02. The molecule has 6 heteroatoms. The van der Waals surface area contributed by atoms with Gasteiger partial charge in [0.2, 0.25) is 11.8 Å². The second-order valence-electron chi connectivity index (χ2n) is 7.80. The van der Waals surface area contributed by atoms with E-state index in [1.54, 1.807) is 0 Å². The maximum Gasteiger partial charge on any atom is 0.223 e. The molecule has 2 heterocycles. The van der Waals surface area contributed by atoms with Gasteiger partial charge in [0.1, 0.15) is 0 Å². The number of piperidine rings is 1. The minimum atomic E-state index is -0.300. The molecule has 0 spiro atoms. The van der Waals surface area contributed by atoms with Gasteiger partial charge in [-0.2, -0.15) is 5.10 Å². The fourth-order valence-corrected chi connectivity index (χ4v) is 3.68. The van der Waals surface area contributed by atoms with Crippen molar-refractivity contribution in [2.75, 3.05) is 6.54 Å². The summed E-state index contributed by atoms with van der Waals surface area (Å²) >= 11 is 0. The Morgan fingerprint density at radius 2 is 1.96 bits per heavy atom. The molecule has 1 fully saturated rings. The van der Waals surface area contributed by atoms with Gasteiger partial charge < -0.3 is 10.6 Å². The zero-order valence-electron chi connectivity index (χ0n) is 16.2. The predicted molar refractivity (Wildman–Crippen MR) is 98.0 cm³/mol. The maximum absolute atomic E-state index is 12.7. The van der Waals surface area contributed by atoms with Crippen LogP contribution in [0.4, 0.5) is 0 Å². The highest BCUT2D eigenvalue weighted by molar-refractivity contribution is 5.80. The first-order valence-corrected chi connectivity index (χ1v) is 9.32. The molecule has 2 rings (SSSR count). The summed E-state index contributed by atoms with van der Waals surface area (Å²) in [7, 11) is 0. The van der Waals surface area contributed by atoms with Crippen LogP contribution in [-0.4, -0.2) is 39.1 Å². The summed E-state index contributed by atoms with van der Waals surface area (Å²) in [5.74, 6) is 0.130. The summed E-state index contributed by atoms with van der Waals surface area (Å²) in [5.41, 5.74) is 8.77. The Morgan fingerprint density at radius 1 is 1.28 bits per heavy atom. The number of likely N-dealkylation sites (tertiary alicyclic amines) is 1. The minimum Gasteiger partial charge on any atom is -0.369 e. The predicted octanol–water partition coefficient (Wildman–Crippen LogP) is 2.20. The van der Waals surface area contributed by atoms with E-state index in [0.717, 1.165) is 30.8 Å². The van der Waals surface area contributed by atoms with Gasteiger partial charge in [-0.1, -0.05) is 13.8 Å². The van der Waals surface area contributed by atoms with E-state index in [1.165, 1.54) is 5.56 Å². The number of aromatic nitrogens is 2. The Kier molecular flexibility index (Phi) is 6.25. The van der Waals surface area contributed by atoms with Crippen molar-refractivity contribution >= 4 is 11.8 Å². The van der Waals surface area contributed by atoms with Crippen LogP contribution >= 0.6 is 0 Å². The third-order valence-corrected chi connectivity index (χ3v) is 5.26. The number of rotatable bonds is 6. The summed E-state index contributed by atoms with van der Waals surface area (Å²) in [4.78, 5) is 26.0. The second-order valence-corrected chi connectivity index (χ2v) is 7.80. The van der Waals surface area contributed by atoms with Gasteiger partial charge in [0.05, 0.1) is 11.6 Å². The molecular weight excluding hydrogens is 316 g/mol. The molecule has 0 aromatic carbocycles. The minimum absolute atomic E-state index is 0.105. The van der Waals surface area contributed by atoms with Crippen LogP contribution in [0.2, 0.25) is 0 Å². The van der Waals surface area contributed by atoms with Crippen molar-refractivity contribution in [3.8, 4) is 0 Å². The molecule has 25 heavy (non-hydrogen) atoms. The third-order valence-electron chi connectivity index (χ3n) is 5.26. The summed E-state index contributed by atoms with van der Waals surface area (Å²) in [6.07, 6.45) is 2.76. The van der Waals surface area contributed by atoms with Crippen molar-refractivity contribution in [2.24, 2.45) is 17.6 Å². The highest BCUT2D eigenvalue weighted by Crippen LogP contribution is 2.23. The first-order valence-electron chi connectivity index (χ1n) is 9.32. The molecule has 1 aromatic heterocycles. The van der Waals surface area contributed by atoms with E-state index in [2.05, 4.69) is 25.9 Å². The molecule has 1 saturated heterocycles. The van der Waals surface area contributed by atoms with E-state index in [9.17, 15) is 9.59 Å². The Hall–Kier alpha value is -1.85. The molecule has 0 radical (unpaired) electrons. The largest absolute Gasteiger partial charge is 0.369 e. The molecule has 0 saturated carbocycles. The quantitative estimate of drug-likeness (QED) is 0.856. The van der Waals surface area contributed by atoms with Gasteiger partial charge in [-0.05, 0) is 51.5 Å². The van der Waals surface area contributed by atoms with Gasteiger partial charge in [-0.3, -0.25) is 14.3 Å². The van der Waals surface area contributed by atoms with Crippen LogP contribution in [0.3, 0.4) is 0 Å². The molecule has 140 valence electrons. The first-order chi connectivity index (χ1) is 11.7. The van der Waals surface area contributed by atoms with Gasteiger partial charge in [0.25, 0.3) is 0 Å². The molecule has 6 nitrogen and oxygen atoms in total. The van der Waals surface area contributed by atoms with Crippen LogP contribution < -0.4 is 5.73 Å². The second kappa shape index (κ2) is 8.02. The SMILES string of the molecule is Cc1nn(CC(C)C)c(C)c1CCC(=O)N1C[C@H](C(N)=O)CC[C@@H]1C. The van der Waals surface area contributed by atoms with Crippen LogP contribution in [0.25, 0.3) is 0 Å². The van der Waals surface area contributed by atoms with Crippen molar-refractivity contribution in [3.05, 3.63) is 17.0 Å². The van der Waals surface area contributed by atoms with Gasteiger partial charge in [0, 0.05) is 31.2 Å². The summed E-state index contributed by atoms with van der Waals surface area (Å²) in [6.45, 7) is 11.8. The maximum atomic E-state index is 12.7. The van der Waals surface area contributed by atoms with Gasteiger partial charge in [-0.15, -0.1) is 0 Å². The molecule has 0 aliphatic carbocycles. The third kappa shape index (κ3) is 4.61. The van der Waals surface area contributed by atoms with Crippen LogP contribution in [0.1, 0.15) is 57.0 Å². The lowest BCUT2D eigenvalue weighted by Crippen LogP contribution is -2.48. The van der Waals surface area contributed by atoms with Gasteiger partial charge >= 0.3 is 0 Å². The number of carbonyl (C=O) groups is 2. The lowest BCUT2D eigenvalue weighted by Gasteiger charge is -2.37.